The molecule has 106 valence electrons. The molecule has 1 heteroatoms. The second kappa shape index (κ2) is 5.15. The van der Waals surface area contributed by atoms with E-state index in [0.717, 1.165) is 12.1 Å². The van der Waals surface area contributed by atoms with Crippen LogP contribution in [0, 0.1) is 10.8 Å². The van der Waals surface area contributed by atoms with Crippen LogP contribution in [0.15, 0.2) is 0 Å². The molecule has 1 nitrogen and oxygen atoms in total. The summed E-state index contributed by atoms with van der Waals surface area (Å²) in [7, 11) is 2.39. The van der Waals surface area contributed by atoms with Crippen LogP contribution in [-0.4, -0.2) is 24.0 Å². The first-order valence-electron chi connectivity index (χ1n) is 8.01. The number of hydrogen-bond acceptors (Lipinski definition) is 1. The molecule has 2 fully saturated rings. The smallest absolute Gasteiger partial charge is 0.00955 e. The maximum atomic E-state index is 2.74. The molecule has 0 amide bonds. The van der Waals surface area contributed by atoms with Crippen LogP contribution in [0.25, 0.3) is 0 Å². The minimum absolute atomic E-state index is 0.603. The molecule has 0 N–H and O–H groups in total. The Labute approximate surface area is 114 Å². The molecule has 18 heavy (non-hydrogen) atoms. The van der Waals surface area contributed by atoms with E-state index < -0.39 is 0 Å². The Hall–Kier alpha value is -0.0400. The molecule has 0 aliphatic heterocycles. The van der Waals surface area contributed by atoms with E-state index in [1.807, 2.05) is 0 Å². The van der Waals surface area contributed by atoms with Crippen molar-refractivity contribution in [2.24, 2.45) is 10.8 Å². The van der Waals surface area contributed by atoms with Gasteiger partial charge >= 0.3 is 0 Å². The molecule has 2 aliphatic carbocycles. The second-order valence-corrected chi connectivity index (χ2v) is 8.46. The standard InChI is InChI=1S/C17H33N/c1-16(2)10-6-14(7-11-16)18(5)15-8-12-17(3,4)13-9-15/h14-15H,6-13H2,1-5H3. The third-order valence-electron chi connectivity index (χ3n) is 5.77. The summed E-state index contributed by atoms with van der Waals surface area (Å²) in [4.78, 5) is 2.74. The Morgan fingerprint density at radius 3 is 1.22 bits per heavy atom. The summed E-state index contributed by atoms with van der Waals surface area (Å²) < 4.78 is 0. The molecule has 2 rings (SSSR count). The maximum absolute atomic E-state index is 2.74. The summed E-state index contributed by atoms with van der Waals surface area (Å²) in [5.41, 5.74) is 1.21. The van der Waals surface area contributed by atoms with Gasteiger partial charge in [-0.3, -0.25) is 0 Å². The molecule has 0 radical (unpaired) electrons. The van der Waals surface area contributed by atoms with Gasteiger partial charge in [0, 0.05) is 12.1 Å². The van der Waals surface area contributed by atoms with Crippen molar-refractivity contribution >= 4 is 0 Å². The highest BCUT2D eigenvalue weighted by atomic mass is 15.2. The van der Waals surface area contributed by atoms with E-state index in [2.05, 4.69) is 39.6 Å². The third kappa shape index (κ3) is 3.50. The number of nitrogens with zero attached hydrogens (tertiary/aromatic N) is 1. The summed E-state index contributed by atoms with van der Waals surface area (Å²) in [6.07, 6.45) is 11.3. The lowest BCUT2D eigenvalue weighted by molar-refractivity contribution is 0.0573. The van der Waals surface area contributed by atoms with Crippen LogP contribution in [0.1, 0.15) is 79.1 Å². The van der Waals surface area contributed by atoms with Gasteiger partial charge in [0.1, 0.15) is 0 Å². The average Bonchev–Trinajstić information content (AvgIpc) is 2.28. The van der Waals surface area contributed by atoms with Crippen LogP contribution in [0.5, 0.6) is 0 Å². The highest BCUT2D eigenvalue weighted by Crippen LogP contribution is 2.40. The van der Waals surface area contributed by atoms with Crippen LogP contribution < -0.4 is 0 Å². The highest BCUT2D eigenvalue weighted by molar-refractivity contribution is 4.88. The fourth-order valence-electron chi connectivity index (χ4n) is 3.88. The van der Waals surface area contributed by atoms with E-state index >= 15 is 0 Å². The van der Waals surface area contributed by atoms with Gasteiger partial charge in [0.25, 0.3) is 0 Å². The average molecular weight is 251 g/mol. The fourth-order valence-corrected chi connectivity index (χ4v) is 3.88. The molecule has 0 bridgehead atoms. The number of rotatable bonds is 2. The van der Waals surface area contributed by atoms with Crippen LogP contribution in [-0.2, 0) is 0 Å². The van der Waals surface area contributed by atoms with E-state index in [0.29, 0.717) is 10.8 Å². The van der Waals surface area contributed by atoms with Gasteiger partial charge in [-0.1, -0.05) is 27.7 Å². The van der Waals surface area contributed by atoms with Crippen molar-refractivity contribution in [2.45, 2.75) is 91.1 Å². The lowest BCUT2D eigenvalue weighted by Crippen LogP contribution is -2.45. The number of hydrogen-bond donors (Lipinski definition) is 0. The molecular formula is C17H33N. The summed E-state index contributed by atoms with van der Waals surface area (Å²) >= 11 is 0. The topological polar surface area (TPSA) is 3.24 Å². The second-order valence-electron chi connectivity index (χ2n) is 8.46. The predicted octanol–water partition coefficient (Wildman–Crippen LogP) is 4.86. The monoisotopic (exact) mass is 251 g/mol. The minimum Gasteiger partial charge on any atom is -0.300 e. The molecule has 0 unspecified atom stereocenters. The first-order valence-corrected chi connectivity index (χ1v) is 8.01. The molecule has 0 spiro atoms. The molecule has 0 saturated heterocycles. The van der Waals surface area contributed by atoms with Crippen molar-refractivity contribution in [2.75, 3.05) is 7.05 Å². The van der Waals surface area contributed by atoms with Crippen molar-refractivity contribution in [1.29, 1.82) is 0 Å². The van der Waals surface area contributed by atoms with Gasteiger partial charge in [0.15, 0.2) is 0 Å². The van der Waals surface area contributed by atoms with E-state index in [9.17, 15) is 0 Å². The van der Waals surface area contributed by atoms with E-state index in [-0.39, 0.29) is 0 Å². The highest BCUT2D eigenvalue weighted by Gasteiger charge is 2.34. The van der Waals surface area contributed by atoms with E-state index in [1.165, 1.54) is 51.4 Å². The van der Waals surface area contributed by atoms with Gasteiger partial charge in [-0.15, -0.1) is 0 Å². The minimum atomic E-state index is 0.603. The van der Waals surface area contributed by atoms with Crippen molar-refractivity contribution in [3.63, 3.8) is 0 Å². The Bertz CT molecular complexity index is 231. The summed E-state index contributed by atoms with van der Waals surface area (Å²) in [6, 6.07) is 1.73. The van der Waals surface area contributed by atoms with Crippen LogP contribution >= 0.6 is 0 Å². The largest absolute Gasteiger partial charge is 0.300 e. The molecular weight excluding hydrogens is 218 g/mol. The zero-order chi connectivity index (χ0) is 13.4. The summed E-state index contributed by atoms with van der Waals surface area (Å²) in [5, 5.41) is 0. The predicted molar refractivity (Wildman–Crippen MR) is 79.8 cm³/mol. The molecule has 0 aromatic heterocycles. The Balaban J connectivity index is 1.83. The van der Waals surface area contributed by atoms with Gasteiger partial charge in [-0.2, -0.15) is 0 Å². The summed E-state index contributed by atoms with van der Waals surface area (Å²) in [5.74, 6) is 0. The quantitative estimate of drug-likeness (QED) is 0.677. The SMILES string of the molecule is CN(C1CCC(C)(C)CC1)C1CCC(C)(C)CC1. The van der Waals surface area contributed by atoms with Gasteiger partial charge in [-0.25, -0.2) is 0 Å². The van der Waals surface area contributed by atoms with E-state index in [4.69, 9.17) is 0 Å². The molecule has 0 aromatic rings. The van der Waals surface area contributed by atoms with Gasteiger partial charge < -0.3 is 4.90 Å². The van der Waals surface area contributed by atoms with Crippen molar-refractivity contribution in [3.8, 4) is 0 Å². The molecule has 0 heterocycles. The van der Waals surface area contributed by atoms with Gasteiger partial charge in [0.05, 0.1) is 0 Å². The molecule has 0 atom stereocenters. The van der Waals surface area contributed by atoms with Crippen LogP contribution in [0.2, 0.25) is 0 Å². The Kier molecular flexibility index (Phi) is 4.11. The first kappa shape index (κ1) is 14.4. The lowest BCUT2D eigenvalue weighted by atomic mass is 9.73. The Morgan fingerprint density at radius 1 is 0.667 bits per heavy atom. The third-order valence-corrected chi connectivity index (χ3v) is 5.77. The van der Waals surface area contributed by atoms with Crippen molar-refractivity contribution in [3.05, 3.63) is 0 Å². The van der Waals surface area contributed by atoms with Crippen molar-refractivity contribution in [1.82, 2.24) is 4.90 Å². The summed E-state index contributed by atoms with van der Waals surface area (Å²) in [6.45, 7) is 9.75. The molecule has 0 aromatic carbocycles. The van der Waals surface area contributed by atoms with Crippen LogP contribution in [0.3, 0.4) is 0 Å². The maximum Gasteiger partial charge on any atom is 0.00955 e. The van der Waals surface area contributed by atoms with E-state index in [1.54, 1.807) is 0 Å². The first-order chi connectivity index (χ1) is 8.29. The van der Waals surface area contributed by atoms with Gasteiger partial charge in [-0.05, 0) is 69.2 Å². The zero-order valence-corrected chi connectivity index (χ0v) is 13.3. The van der Waals surface area contributed by atoms with Gasteiger partial charge in [0.2, 0.25) is 0 Å². The normalized spacial score (nSPS) is 29.7. The fraction of sp³-hybridized carbons (Fsp3) is 1.00. The van der Waals surface area contributed by atoms with Crippen molar-refractivity contribution < 1.29 is 0 Å². The van der Waals surface area contributed by atoms with Crippen LogP contribution in [0.4, 0.5) is 0 Å². The molecule has 2 saturated carbocycles. The zero-order valence-electron chi connectivity index (χ0n) is 13.3. The molecule has 2 aliphatic rings. The Morgan fingerprint density at radius 2 is 0.944 bits per heavy atom. The lowest BCUT2D eigenvalue weighted by Gasteiger charge is -2.45.